The molecule has 0 saturated heterocycles. The van der Waals surface area contributed by atoms with Crippen LogP contribution in [0.1, 0.15) is 58.2 Å². The molecule has 0 fully saturated rings. The summed E-state index contributed by atoms with van der Waals surface area (Å²) < 4.78 is 5.88. The Balaban J connectivity index is 0. The van der Waals surface area contributed by atoms with E-state index in [0.29, 0.717) is 19.8 Å². The number of nitrogens with one attached hydrogen (secondary N) is 2. The molecule has 5 heteroatoms. The van der Waals surface area contributed by atoms with Gasteiger partial charge in [0.05, 0.1) is 13.2 Å². The van der Waals surface area contributed by atoms with Gasteiger partial charge in [-0.3, -0.25) is 11.8 Å². The molecule has 2 N–H and O–H groups in total. The second kappa shape index (κ2) is 23.7. The first-order valence-corrected chi connectivity index (χ1v) is 12.4. The molecule has 2 amide bonds. The fourth-order valence-corrected chi connectivity index (χ4v) is 3.01. The van der Waals surface area contributed by atoms with Gasteiger partial charge in [0.2, 0.25) is 0 Å². The van der Waals surface area contributed by atoms with Crippen LogP contribution in [0.3, 0.4) is 0 Å². The maximum atomic E-state index is 11.2. The van der Waals surface area contributed by atoms with Gasteiger partial charge in [-0.25, -0.2) is 0 Å². The van der Waals surface area contributed by atoms with Crippen molar-refractivity contribution in [2.24, 2.45) is 0 Å². The molecule has 0 atom stereocenters. The van der Waals surface area contributed by atoms with Gasteiger partial charge in [-0.2, -0.15) is 0 Å². The first-order valence-electron chi connectivity index (χ1n) is 12.4. The Hall–Kier alpha value is -2.01. The Morgan fingerprint density at radius 3 is 1.91 bits per heavy atom. The van der Waals surface area contributed by atoms with Crippen molar-refractivity contribution in [3.05, 3.63) is 103 Å². The third-order valence-electron chi connectivity index (χ3n) is 4.52. The van der Waals surface area contributed by atoms with Crippen LogP contribution in [-0.2, 0) is 57.0 Å². The molecule has 35 heavy (non-hydrogen) atoms. The van der Waals surface area contributed by atoms with Crippen molar-refractivity contribution in [2.75, 3.05) is 6.61 Å². The van der Waals surface area contributed by atoms with Gasteiger partial charge in [0.15, 0.2) is 0 Å². The van der Waals surface area contributed by atoms with Crippen molar-refractivity contribution in [1.82, 2.24) is 10.6 Å². The SMILES string of the molecule is CC.CC.CC.[CH2-]NC(=O)NCc1ccc(COCCc2ccccc2-c2ccccc2)cc1.[Y]. The number of ether oxygens (including phenoxy) is 1. The number of rotatable bonds is 8. The molecule has 0 bridgehead atoms. The van der Waals surface area contributed by atoms with Gasteiger partial charge in [0, 0.05) is 39.3 Å². The van der Waals surface area contributed by atoms with Crippen molar-refractivity contribution in [3.8, 4) is 11.1 Å². The summed E-state index contributed by atoms with van der Waals surface area (Å²) in [5.41, 5.74) is 5.93. The molecule has 0 spiro atoms. The summed E-state index contributed by atoms with van der Waals surface area (Å²) >= 11 is 0. The maximum absolute atomic E-state index is 11.2. The molecule has 0 aliphatic carbocycles. The predicted molar refractivity (Wildman–Crippen MR) is 146 cm³/mol. The minimum absolute atomic E-state index is 0. The standard InChI is InChI=1S/C24H25N2O2.3C2H6.Y/c1-25-24(27)26-17-19-11-13-20(14-12-19)18-28-16-15-22-9-5-6-10-23(22)21-7-3-2-4-8-21;3*1-2;/h2-14H,1,15-18H2,(H2,25,26,27);3*1-2H3;/q-1;;;;. The van der Waals surface area contributed by atoms with Crippen LogP contribution in [0.2, 0.25) is 0 Å². The Kier molecular flexibility index (Phi) is 23.8. The number of carbonyl (C=O) groups is 1. The van der Waals surface area contributed by atoms with Crippen LogP contribution in [-0.4, -0.2) is 12.6 Å². The third kappa shape index (κ3) is 14.2. The summed E-state index contributed by atoms with van der Waals surface area (Å²) in [5, 5.41) is 5.00. The summed E-state index contributed by atoms with van der Waals surface area (Å²) in [4.78, 5) is 11.2. The molecule has 1 radical (unpaired) electrons. The van der Waals surface area contributed by atoms with Crippen molar-refractivity contribution in [1.29, 1.82) is 0 Å². The number of carbonyl (C=O) groups excluding carboxylic acids is 1. The van der Waals surface area contributed by atoms with Gasteiger partial charge in [0.1, 0.15) is 0 Å². The van der Waals surface area contributed by atoms with E-state index in [1.54, 1.807) is 0 Å². The van der Waals surface area contributed by atoms with Gasteiger partial charge in [-0.15, -0.1) is 0 Å². The smallest absolute Gasteiger partial charge is 0.285 e. The minimum Gasteiger partial charge on any atom is -0.490 e. The van der Waals surface area contributed by atoms with Crippen LogP contribution in [0.15, 0.2) is 78.9 Å². The fraction of sp³-hybridized carbons (Fsp3) is 0.333. The summed E-state index contributed by atoms with van der Waals surface area (Å²) in [5.74, 6) is 0. The van der Waals surface area contributed by atoms with Crippen molar-refractivity contribution in [3.63, 3.8) is 0 Å². The Morgan fingerprint density at radius 1 is 0.771 bits per heavy atom. The van der Waals surface area contributed by atoms with E-state index in [2.05, 4.69) is 66.2 Å². The average molecular weight is 553 g/mol. The average Bonchev–Trinajstić information content (AvgIpc) is 2.94. The van der Waals surface area contributed by atoms with Crippen molar-refractivity contribution >= 4 is 6.03 Å². The molecule has 0 aliphatic rings. The third-order valence-corrected chi connectivity index (χ3v) is 4.52. The minimum atomic E-state index is -0.289. The summed E-state index contributed by atoms with van der Waals surface area (Å²) in [6.45, 7) is 13.7. The van der Waals surface area contributed by atoms with Gasteiger partial charge >= 0.3 is 0 Å². The van der Waals surface area contributed by atoms with E-state index >= 15 is 0 Å². The quantitative estimate of drug-likeness (QED) is 0.222. The summed E-state index contributed by atoms with van der Waals surface area (Å²) in [7, 11) is 3.32. The predicted octanol–water partition coefficient (Wildman–Crippen LogP) is 7.78. The molecule has 4 nitrogen and oxygen atoms in total. The van der Waals surface area contributed by atoms with E-state index in [-0.39, 0.29) is 38.7 Å². The first kappa shape index (κ1) is 35.2. The first-order chi connectivity index (χ1) is 16.8. The molecular formula is C30H43N2O2Y-. The zero-order valence-electron chi connectivity index (χ0n) is 22.4. The van der Waals surface area contributed by atoms with Crippen LogP contribution in [0.5, 0.6) is 0 Å². The zero-order chi connectivity index (χ0) is 25.6. The Bertz CT molecular complexity index is 884. The number of urea groups is 1. The monoisotopic (exact) mass is 552 g/mol. The van der Waals surface area contributed by atoms with Gasteiger partial charge < -0.3 is 15.4 Å². The summed E-state index contributed by atoms with van der Waals surface area (Å²) in [6, 6.07) is 26.6. The van der Waals surface area contributed by atoms with E-state index in [1.807, 2.05) is 71.9 Å². The number of hydrogen-bond acceptors (Lipinski definition) is 2. The number of benzene rings is 3. The van der Waals surface area contributed by atoms with Crippen LogP contribution >= 0.6 is 0 Å². The number of hydrogen-bond donors (Lipinski definition) is 2. The van der Waals surface area contributed by atoms with Crippen molar-refractivity contribution in [2.45, 2.75) is 61.1 Å². The molecule has 3 rings (SSSR count). The Morgan fingerprint density at radius 2 is 1.31 bits per heavy atom. The van der Waals surface area contributed by atoms with E-state index in [9.17, 15) is 4.79 Å². The Labute approximate surface area is 239 Å². The van der Waals surface area contributed by atoms with E-state index < -0.39 is 0 Å². The fourth-order valence-electron chi connectivity index (χ4n) is 3.01. The molecule has 0 aliphatic heterocycles. The van der Waals surface area contributed by atoms with E-state index in [1.165, 1.54) is 16.7 Å². The molecule has 0 heterocycles. The second-order valence-electron chi connectivity index (χ2n) is 6.50. The molecule has 0 saturated carbocycles. The molecule has 3 aromatic rings. The van der Waals surface area contributed by atoms with Crippen LogP contribution in [0, 0.1) is 7.05 Å². The topological polar surface area (TPSA) is 50.4 Å². The second-order valence-corrected chi connectivity index (χ2v) is 6.50. The van der Waals surface area contributed by atoms with Gasteiger partial charge in [-0.1, -0.05) is 120 Å². The zero-order valence-corrected chi connectivity index (χ0v) is 25.3. The molecular weight excluding hydrogens is 509 g/mol. The van der Waals surface area contributed by atoms with Gasteiger partial charge in [-0.05, 0) is 34.2 Å². The van der Waals surface area contributed by atoms with Crippen molar-refractivity contribution < 1.29 is 42.2 Å². The maximum Gasteiger partial charge on any atom is 0.285 e. The van der Waals surface area contributed by atoms with E-state index in [4.69, 9.17) is 4.74 Å². The molecule has 0 unspecified atom stereocenters. The van der Waals surface area contributed by atoms with E-state index in [0.717, 1.165) is 17.5 Å². The summed E-state index contributed by atoms with van der Waals surface area (Å²) in [6.07, 6.45) is 0.868. The van der Waals surface area contributed by atoms with Crippen LogP contribution < -0.4 is 10.6 Å². The van der Waals surface area contributed by atoms with Gasteiger partial charge in [0.25, 0.3) is 6.03 Å². The molecule has 0 aromatic heterocycles. The normalized spacial score (nSPS) is 8.89. The molecule has 3 aromatic carbocycles. The largest absolute Gasteiger partial charge is 0.490 e. The number of amides is 2. The molecule has 189 valence electrons. The van der Waals surface area contributed by atoms with Crippen LogP contribution in [0.25, 0.3) is 11.1 Å². The van der Waals surface area contributed by atoms with Crippen LogP contribution in [0.4, 0.5) is 4.79 Å².